The Morgan fingerprint density at radius 2 is 2.12 bits per heavy atom. The molecule has 0 spiro atoms. The van der Waals surface area contributed by atoms with E-state index in [9.17, 15) is 0 Å². The van der Waals surface area contributed by atoms with Gasteiger partial charge in [0.2, 0.25) is 0 Å². The zero-order valence-corrected chi connectivity index (χ0v) is 5.68. The van der Waals surface area contributed by atoms with Crippen molar-refractivity contribution in [3.8, 4) is 0 Å². The van der Waals surface area contributed by atoms with E-state index in [1.54, 1.807) is 6.21 Å². The van der Waals surface area contributed by atoms with Gasteiger partial charge in [0.15, 0.2) is 0 Å². The van der Waals surface area contributed by atoms with Crippen molar-refractivity contribution in [3.63, 3.8) is 0 Å². The highest BCUT2D eigenvalue weighted by Crippen LogP contribution is 1.92. The highest BCUT2D eigenvalue weighted by atomic mass is 15.2. The summed E-state index contributed by atoms with van der Waals surface area (Å²) in [5.41, 5.74) is 0. The highest BCUT2D eigenvalue weighted by Gasteiger charge is 1.85. The molecule has 8 heavy (non-hydrogen) atoms. The summed E-state index contributed by atoms with van der Waals surface area (Å²) >= 11 is 0. The van der Waals surface area contributed by atoms with Crippen LogP contribution in [-0.2, 0) is 0 Å². The largest absolute Gasteiger partial charge is 0.363 e. The van der Waals surface area contributed by atoms with Gasteiger partial charge in [0, 0.05) is 20.3 Å². The second-order valence-electron chi connectivity index (χ2n) is 1.70. The molecule has 0 heterocycles. The van der Waals surface area contributed by atoms with Gasteiger partial charge in [0.05, 0.1) is 0 Å². The average molecular weight is 112 g/mol. The summed E-state index contributed by atoms with van der Waals surface area (Å²) in [6.45, 7) is 5.54. The third kappa shape index (κ3) is 2.39. The van der Waals surface area contributed by atoms with Crippen LogP contribution in [0.25, 0.3) is 0 Å². The molecule has 0 aromatic heterocycles. The maximum atomic E-state index is 3.93. The molecule has 0 atom stereocenters. The normalized spacial score (nSPS) is 9.88. The SMILES string of the molecule is C=C(/N=C\C)N(C)C. The van der Waals surface area contributed by atoms with Crippen molar-refractivity contribution in [2.45, 2.75) is 6.92 Å². The average Bonchev–Trinajstić information content (AvgIpc) is 1.67. The lowest BCUT2D eigenvalue weighted by molar-refractivity contribution is 0.510. The Morgan fingerprint density at radius 3 is 2.25 bits per heavy atom. The van der Waals surface area contributed by atoms with Crippen LogP contribution in [0.2, 0.25) is 0 Å². The predicted molar refractivity (Wildman–Crippen MR) is 37.0 cm³/mol. The summed E-state index contributed by atoms with van der Waals surface area (Å²) in [4.78, 5) is 5.79. The minimum atomic E-state index is 0.785. The molecule has 2 nitrogen and oxygen atoms in total. The summed E-state index contributed by atoms with van der Waals surface area (Å²) in [7, 11) is 3.82. The van der Waals surface area contributed by atoms with Crippen LogP contribution in [0.5, 0.6) is 0 Å². The molecule has 0 aliphatic rings. The smallest absolute Gasteiger partial charge is 0.120 e. The number of nitrogens with zero attached hydrogens (tertiary/aromatic N) is 2. The number of hydrogen-bond acceptors (Lipinski definition) is 2. The van der Waals surface area contributed by atoms with Crippen LogP contribution in [0.4, 0.5) is 0 Å². The van der Waals surface area contributed by atoms with Gasteiger partial charge in [-0.05, 0) is 6.92 Å². The molecule has 0 saturated heterocycles. The Labute approximate surface area is 50.5 Å². The van der Waals surface area contributed by atoms with Crippen LogP contribution >= 0.6 is 0 Å². The van der Waals surface area contributed by atoms with Gasteiger partial charge in [-0.3, -0.25) is 0 Å². The topological polar surface area (TPSA) is 15.6 Å². The summed E-state index contributed by atoms with van der Waals surface area (Å²) < 4.78 is 0. The Hall–Kier alpha value is -0.790. The molecule has 0 radical (unpaired) electrons. The van der Waals surface area contributed by atoms with Crippen molar-refractivity contribution in [3.05, 3.63) is 12.4 Å². The van der Waals surface area contributed by atoms with Crippen LogP contribution in [0.1, 0.15) is 6.92 Å². The molecule has 0 unspecified atom stereocenters. The monoisotopic (exact) mass is 112 g/mol. The molecule has 0 saturated carbocycles. The third-order valence-electron chi connectivity index (χ3n) is 0.794. The molecule has 46 valence electrons. The second-order valence-corrected chi connectivity index (χ2v) is 1.70. The van der Waals surface area contributed by atoms with E-state index in [0.717, 1.165) is 5.82 Å². The molecule has 0 rings (SSSR count). The fraction of sp³-hybridized carbons (Fsp3) is 0.500. The zero-order valence-electron chi connectivity index (χ0n) is 5.68. The first-order valence-corrected chi connectivity index (χ1v) is 2.53. The predicted octanol–water partition coefficient (Wildman–Crippen LogP) is 1.11. The lowest BCUT2D eigenvalue weighted by Crippen LogP contribution is -2.07. The van der Waals surface area contributed by atoms with Gasteiger partial charge in [-0.15, -0.1) is 0 Å². The molecule has 0 fully saturated rings. The number of hydrogen-bond donors (Lipinski definition) is 0. The maximum Gasteiger partial charge on any atom is 0.120 e. The Bertz CT molecular complexity index is 103. The van der Waals surface area contributed by atoms with Crippen molar-refractivity contribution < 1.29 is 0 Å². The van der Waals surface area contributed by atoms with Crippen molar-refractivity contribution in [2.75, 3.05) is 14.1 Å². The molecule has 0 aliphatic carbocycles. The first-order chi connectivity index (χ1) is 3.68. The minimum absolute atomic E-state index is 0.785. The van der Waals surface area contributed by atoms with Gasteiger partial charge in [-0.2, -0.15) is 0 Å². The third-order valence-corrected chi connectivity index (χ3v) is 0.794. The first kappa shape index (κ1) is 7.21. The van der Waals surface area contributed by atoms with Gasteiger partial charge in [0.1, 0.15) is 5.82 Å². The van der Waals surface area contributed by atoms with Gasteiger partial charge < -0.3 is 4.90 Å². The molecule has 0 bridgehead atoms. The van der Waals surface area contributed by atoms with E-state index >= 15 is 0 Å². The molecule has 0 N–H and O–H groups in total. The fourth-order valence-electron chi connectivity index (χ4n) is 0.264. The lowest BCUT2D eigenvalue weighted by atomic mass is 10.7. The molecule has 0 amide bonds. The summed E-state index contributed by atoms with van der Waals surface area (Å²) in [5.74, 6) is 0.785. The van der Waals surface area contributed by atoms with Crippen molar-refractivity contribution in [1.82, 2.24) is 4.90 Å². The van der Waals surface area contributed by atoms with E-state index in [1.807, 2.05) is 25.9 Å². The van der Waals surface area contributed by atoms with Crippen molar-refractivity contribution in [2.24, 2.45) is 4.99 Å². The first-order valence-electron chi connectivity index (χ1n) is 2.53. The maximum absolute atomic E-state index is 3.93. The molecule has 0 aromatic carbocycles. The van der Waals surface area contributed by atoms with Gasteiger partial charge >= 0.3 is 0 Å². The van der Waals surface area contributed by atoms with Crippen molar-refractivity contribution in [1.29, 1.82) is 0 Å². The Balaban J connectivity index is 3.66. The van der Waals surface area contributed by atoms with Crippen LogP contribution in [0.15, 0.2) is 17.4 Å². The summed E-state index contributed by atoms with van der Waals surface area (Å²) in [6, 6.07) is 0. The summed E-state index contributed by atoms with van der Waals surface area (Å²) in [5, 5.41) is 0. The number of aliphatic imine (C=N–C) groups is 1. The van der Waals surface area contributed by atoms with Crippen molar-refractivity contribution >= 4 is 6.21 Å². The Morgan fingerprint density at radius 1 is 1.62 bits per heavy atom. The lowest BCUT2D eigenvalue weighted by Gasteiger charge is -2.08. The molecular weight excluding hydrogens is 100 g/mol. The van der Waals surface area contributed by atoms with Crippen LogP contribution in [0, 0.1) is 0 Å². The Kier molecular flexibility index (Phi) is 2.92. The van der Waals surface area contributed by atoms with E-state index in [-0.39, 0.29) is 0 Å². The molecule has 0 aromatic rings. The van der Waals surface area contributed by atoms with E-state index in [1.165, 1.54) is 0 Å². The van der Waals surface area contributed by atoms with E-state index in [0.29, 0.717) is 0 Å². The standard InChI is InChI=1S/C6H12N2/c1-5-7-6(2)8(3)4/h5H,2H2,1,3-4H3/b7-5-. The highest BCUT2D eigenvalue weighted by molar-refractivity contribution is 5.54. The molecular formula is C6H12N2. The second kappa shape index (κ2) is 3.24. The van der Waals surface area contributed by atoms with E-state index in [2.05, 4.69) is 11.6 Å². The molecule has 0 aliphatic heterocycles. The quantitative estimate of drug-likeness (QED) is 0.488. The van der Waals surface area contributed by atoms with Gasteiger partial charge in [0.25, 0.3) is 0 Å². The summed E-state index contributed by atoms with van der Waals surface area (Å²) in [6.07, 6.45) is 1.72. The fourth-order valence-corrected chi connectivity index (χ4v) is 0.264. The van der Waals surface area contributed by atoms with Crippen LogP contribution in [0.3, 0.4) is 0 Å². The minimum Gasteiger partial charge on any atom is -0.363 e. The van der Waals surface area contributed by atoms with Gasteiger partial charge in [-0.1, -0.05) is 6.58 Å². The van der Waals surface area contributed by atoms with Crippen LogP contribution in [-0.4, -0.2) is 25.2 Å². The van der Waals surface area contributed by atoms with E-state index < -0.39 is 0 Å². The van der Waals surface area contributed by atoms with Gasteiger partial charge in [-0.25, -0.2) is 4.99 Å². The molecule has 2 heteroatoms. The van der Waals surface area contributed by atoms with E-state index in [4.69, 9.17) is 0 Å². The van der Waals surface area contributed by atoms with Crippen LogP contribution < -0.4 is 0 Å². The zero-order chi connectivity index (χ0) is 6.57. The number of rotatable bonds is 2.